The molecule has 0 bridgehead atoms. The molecule has 0 saturated carbocycles. The van der Waals surface area contributed by atoms with Gasteiger partial charge in [0, 0.05) is 53.6 Å². The number of carbonyl (C=O) groups is 1. The number of rotatable bonds is 5. The Labute approximate surface area is 211 Å². The minimum absolute atomic E-state index is 0.0179. The molecular weight excluding hydrogens is 485 g/mol. The second-order valence-electron chi connectivity index (χ2n) is 8.56. The van der Waals surface area contributed by atoms with E-state index in [1.807, 2.05) is 18.2 Å². The van der Waals surface area contributed by atoms with Crippen molar-refractivity contribution < 1.29 is 13.9 Å². The average Bonchev–Trinajstić information content (AvgIpc) is 2.87. The van der Waals surface area contributed by atoms with Crippen LogP contribution in [0.15, 0.2) is 59.7 Å². The van der Waals surface area contributed by atoms with Crippen molar-refractivity contribution in [3.8, 4) is 11.3 Å². The maximum absolute atomic E-state index is 15.3. The lowest BCUT2D eigenvalue weighted by atomic mass is 9.91. The number of carbonyl (C=O) groups excluding carboxylic acids is 1. The van der Waals surface area contributed by atoms with E-state index in [9.17, 15) is 9.59 Å². The Hall–Kier alpha value is -3.82. The average molecular weight is 508 g/mol. The molecule has 1 atom stereocenters. The van der Waals surface area contributed by atoms with Gasteiger partial charge < -0.3 is 19.9 Å². The zero-order valence-corrected chi connectivity index (χ0v) is 20.2. The normalized spacial score (nSPS) is 14.7. The number of morpholine rings is 1. The van der Waals surface area contributed by atoms with Crippen LogP contribution in [0, 0.1) is 5.82 Å². The van der Waals surface area contributed by atoms with Gasteiger partial charge in [0.2, 0.25) is 11.5 Å². The van der Waals surface area contributed by atoms with E-state index in [4.69, 9.17) is 22.1 Å². The molecule has 1 fully saturated rings. The van der Waals surface area contributed by atoms with Crippen LogP contribution in [0.25, 0.3) is 22.2 Å². The highest BCUT2D eigenvalue weighted by atomic mass is 35.5. The number of pyridine rings is 1. The Morgan fingerprint density at radius 1 is 1.14 bits per heavy atom. The molecule has 1 saturated heterocycles. The Balaban J connectivity index is 1.65. The number of fused-ring (bicyclic) bond motifs is 1. The van der Waals surface area contributed by atoms with E-state index in [0.717, 1.165) is 24.8 Å². The van der Waals surface area contributed by atoms with Crippen LogP contribution in [0.2, 0.25) is 5.02 Å². The summed E-state index contributed by atoms with van der Waals surface area (Å²) in [4.78, 5) is 35.7. The second kappa shape index (κ2) is 9.67. The summed E-state index contributed by atoms with van der Waals surface area (Å²) in [7, 11) is 1.54. The predicted molar refractivity (Wildman–Crippen MR) is 136 cm³/mol. The lowest BCUT2D eigenvalue weighted by Gasteiger charge is -2.29. The number of anilines is 1. The molecule has 0 spiro atoms. The van der Waals surface area contributed by atoms with Crippen molar-refractivity contribution in [2.24, 2.45) is 12.8 Å². The molecule has 0 radical (unpaired) electrons. The molecule has 1 unspecified atom stereocenters. The summed E-state index contributed by atoms with van der Waals surface area (Å²) in [5.74, 6) is -2.40. The van der Waals surface area contributed by atoms with Crippen LogP contribution in [0.3, 0.4) is 0 Å². The molecule has 1 amide bonds. The Bertz CT molecular complexity index is 1530. The SMILES string of the molecule is Cn1c(C(C(N)=O)c2cc(-c3ncnc4cc(N5CCOCC5)ccc34)c(F)cc2Cl)cccc1=O. The summed E-state index contributed by atoms with van der Waals surface area (Å²) in [5.41, 5.74) is 8.20. The molecule has 10 heteroatoms. The van der Waals surface area contributed by atoms with Crippen LogP contribution < -0.4 is 16.2 Å². The topological polar surface area (TPSA) is 103 Å². The van der Waals surface area contributed by atoms with Gasteiger partial charge in [0.05, 0.1) is 24.4 Å². The molecule has 0 aliphatic carbocycles. The van der Waals surface area contributed by atoms with Gasteiger partial charge in [-0.2, -0.15) is 0 Å². The number of hydrogen-bond donors (Lipinski definition) is 1. The number of aromatic nitrogens is 3. The van der Waals surface area contributed by atoms with Crippen LogP contribution in [0.1, 0.15) is 17.2 Å². The fourth-order valence-corrected chi connectivity index (χ4v) is 4.83. The van der Waals surface area contributed by atoms with E-state index in [2.05, 4.69) is 14.9 Å². The van der Waals surface area contributed by atoms with Gasteiger partial charge >= 0.3 is 0 Å². The van der Waals surface area contributed by atoms with Gasteiger partial charge in [-0.05, 0) is 42.0 Å². The fraction of sp³-hybridized carbons (Fsp3) is 0.231. The fourth-order valence-electron chi connectivity index (χ4n) is 4.57. The number of halogens is 2. The predicted octanol–water partition coefficient (Wildman–Crippen LogP) is 3.24. The third-order valence-electron chi connectivity index (χ3n) is 6.45. The van der Waals surface area contributed by atoms with E-state index in [1.165, 1.54) is 36.1 Å². The third kappa shape index (κ3) is 4.31. The first-order valence-corrected chi connectivity index (χ1v) is 11.7. The van der Waals surface area contributed by atoms with E-state index in [0.29, 0.717) is 35.5 Å². The highest BCUT2D eigenvalue weighted by molar-refractivity contribution is 6.32. The minimum atomic E-state index is -1.07. The summed E-state index contributed by atoms with van der Waals surface area (Å²) in [6.45, 7) is 2.85. The second-order valence-corrected chi connectivity index (χ2v) is 8.97. The number of benzene rings is 2. The molecule has 184 valence electrons. The van der Waals surface area contributed by atoms with Gasteiger partial charge in [-0.25, -0.2) is 14.4 Å². The quantitative estimate of drug-likeness (QED) is 0.445. The van der Waals surface area contributed by atoms with Crippen molar-refractivity contribution in [3.05, 3.63) is 87.3 Å². The number of ether oxygens (including phenoxy) is 1. The standard InChI is InChI=1S/C26H23ClFN5O3/c1-32-22(3-2-4-23(32)34)24(26(29)35)17-12-18(20(28)13-19(17)27)25-16-6-5-15(11-21(16)30-14-31-25)33-7-9-36-10-8-33/h2-6,11-14,24H,7-10H2,1H3,(H2,29,35). The van der Waals surface area contributed by atoms with Crippen molar-refractivity contribution in [1.29, 1.82) is 0 Å². The van der Waals surface area contributed by atoms with Gasteiger partial charge in [-0.1, -0.05) is 17.7 Å². The summed E-state index contributed by atoms with van der Waals surface area (Å²) >= 11 is 6.41. The maximum Gasteiger partial charge on any atom is 0.250 e. The first-order valence-electron chi connectivity index (χ1n) is 11.4. The summed E-state index contributed by atoms with van der Waals surface area (Å²) < 4.78 is 22.0. The van der Waals surface area contributed by atoms with Crippen LogP contribution in [-0.2, 0) is 16.6 Å². The van der Waals surface area contributed by atoms with E-state index < -0.39 is 17.6 Å². The number of amides is 1. The highest BCUT2D eigenvalue weighted by Crippen LogP contribution is 2.37. The van der Waals surface area contributed by atoms with Crippen LogP contribution in [0.5, 0.6) is 0 Å². The molecule has 2 N–H and O–H groups in total. The first-order chi connectivity index (χ1) is 17.3. The van der Waals surface area contributed by atoms with Crippen molar-refractivity contribution in [1.82, 2.24) is 14.5 Å². The van der Waals surface area contributed by atoms with Gasteiger partial charge in [0.25, 0.3) is 0 Å². The van der Waals surface area contributed by atoms with E-state index in [1.54, 1.807) is 6.07 Å². The van der Waals surface area contributed by atoms with Crippen LogP contribution in [-0.4, -0.2) is 46.7 Å². The molecule has 5 rings (SSSR count). The summed E-state index contributed by atoms with van der Waals surface area (Å²) in [6.07, 6.45) is 1.38. The lowest BCUT2D eigenvalue weighted by molar-refractivity contribution is -0.118. The number of primary amides is 1. The largest absolute Gasteiger partial charge is 0.378 e. The summed E-state index contributed by atoms with van der Waals surface area (Å²) in [5, 5.41) is 0.661. The molecule has 8 nitrogen and oxygen atoms in total. The highest BCUT2D eigenvalue weighted by Gasteiger charge is 2.27. The molecule has 2 aromatic carbocycles. The monoisotopic (exact) mass is 507 g/mol. The zero-order valence-electron chi connectivity index (χ0n) is 19.4. The van der Waals surface area contributed by atoms with Gasteiger partial charge in [-0.3, -0.25) is 9.59 Å². The number of nitrogens with zero attached hydrogens (tertiary/aromatic N) is 4. The van der Waals surface area contributed by atoms with E-state index in [-0.39, 0.29) is 21.7 Å². The van der Waals surface area contributed by atoms with Crippen LogP contribution >= 0.6 is 11.6 Å². The van der Waals surface area contributed by atoms with Crippen LogP contribution in [0.4, 0.5) is 10.1 Å². The Morgan fingerprint density at radius 3 is 2.67 bits per heavy atom. The molecule has 1 aliphatic heterocycles. The number of hydrogen-bond acceptors (Lipinski definition) is 6. The van der Waals surface area contributed by atoms with Gasteiger partial charge in [0.15, 0.2) is 0 Å². The smallest absolute Gasteiger partial charge is 0.250 e. The van der Waals surface area contributed by atoms with Crippen molar-refractivity contribution >= 4 is 34.1 Å². The lowest BCUT2D eigenvalue weighted by Crippen LogP contribution is -2.36. The molecule has 36 heavy (non-hydrogen) atoms. The number of nitrogens with two attached hydrogens (primary N) is 1. The van der Waals surface area contributed by atoms with Crippen molar-refractivity contribution in [2.45, 2.75) is 5.92 Å². The third-order valence-corrected chi connectivity index (χ3v) is 6.78. The molecule has 2 aromatic heterocycles. The van der Waals surface area contributed by atoms with Gasteiger partial charge in [-0.15, -0.1) is 0 Å². The molecular formula is C26H23ClFN5O3. The van der Waals surface area contributed by atoms with Crippen molar-refractivity contribution in [3.63, 3.8) is 0 Å². The first kappa shape index (κ1) is 23.9. The molecule has 1 aliphatic rings. The molecule has 3 heterocycles. The zero-order chi connectivity index (χ0) is 25.4. The Kier molecular flexibility index (Phi) is 6.42. The van der Waals surface area contributed by atoms with Crippen molar-refractivity contribution in [2.75, 3.05) is 31.2 Å². The molecule has 4 aromatic rings. The minimum Gasteiger partial charge on any atom is -0.378 e. The van der Waals surface area contributed by atoms with E-state index >= 15 is 4.39 Å². The maximum atomic E-state index is 15.3. The summed E-state index contributed by atoms with van der Waals surface area (Å²) in [6, 6.07) is 12.9. The van der Waals surface area contributed by atoms with Gasteiger partial charge in [0.1, 0.15) is 18.1 Å². The Morgan fingerprint density at radius 2 is 1.92 bits per heavy atom.